The molecule has 7 nitrogen and oxygen atoms in total. The number of nitriles is 1. The monoisotopic (exact) mass is 396 g/mol. The molecule has 1 unspecified atom stereocenters. The smallest absolute Gasteiger partial charge is 0.247 e. The number of nitrogens with one attached hydrogen (secondary N) is 1. The van der Waals surface area contributed by atoms with Crippen LogP contribution < -0.4 is 16.0 Å². The van der Waals surface area contributed by atoms with Gasteiger partial charge in [0.25, 0.3) is 0 Å². The van der Waals surface area contributed by atoms with Crippen molar-refractivity contribution in [3.63, 3.8) is 0 Å². The van der Waals surface area contributed by atoms with Crippen molar-refractivity contribution in [1.29, 1.82) is 5.26 Å². The van der Waals surface area contributed by atoms with Gasteiger partial charge in [0.2, 0.25) is 5.91 Å². The van der Waals surface area contributed by atoms with Crippen LogP contribution >= 0.6 is 0 Å². The first-order valence-electron chi connectivity index (χ1n) is 9.63. The first kappa shape index (κ1) is 18.0. The average Bonchev–Trinajstić information content (AvgIpc) is 3.18. The fourth-order valence-electron chi connectivity index (χ4n) is 4.67. The second kappa shape index (κ2) is 5.97. The quantitative estimate of drug-likeness (QED) is 0.659. The Hall–Kier alpha value is -4.05. The molecule has 30 heavy (non-hydrogen) atoms. The lowest BCUT2D eigenvalue weighted by molar-refractivity contribution is -0.120. The third-order valence-corrected chi connectivity index (χ3v) is 6.02. The van der Waals surface area contributed by atoms with Crippen molar-refractivity contribution in [2.24, 2.45) is 5.73 Å². The van der Waals surface area contributed by atoms with Gasteiger partial charge in [-0.3, -0.25) is 4.79 Å². The number of carbonyl (C=O) groups is 1. The highest BCUT2D eigenvalue weighted by molar-refractivity contribution is 6.14. The normalized spacial score (nSPS) is 19.5. The van der Waals surface area contributed by atoms with Crippen LogP contribution in [0.3, 0.4) is 0 Å². The molecule has 0 aliphatic carbocycles. The predicted octanol–water partition coefficient (Wildman–Crippen LogP) is 2.87. The molecule has 0 saturated carbocycles. The molecule has 3 N–H and O–H groups in total. The Morgan fingerprint density at radius 2 is 1.83 bits per heavy atom. The lowest BCUT2D eigenvalue weighted by atomic mass is 9.68. The van der Waals surface area contributed by atoms with E-state index in [-0.39, 0.29) is 17.3 Å². The zero-order valence-electron chi connectivity index (χ0n) is 16.9. The second-order valence-electron chi connectivity index (χ2n) is 7.71. The summed E-state index contributed by atoms with van der Waals surface area (Å²) in [5, 5.41) is 17.9. The van der Waals surface area contributed by atoms with Crippen molar-refractivity contribution in [2.45, 2.75) is 19.3 Å². The number of hydrogen-bond donors (Lipinski definition) is 2. The molecule has 3 heterocycles. The number of fused-ring (bicyclic) bond motifs is 4. The lowest BCUT2D eigenvalue weighted by Crippen LogP contribution is -2.45. The van der Waals surface area contributed by atoms with E-state index in [0.717, 1.165) is 22.5 Å². The van der Waals surface area contributed by atoms with Gasteiger partial charge in [0, 0.05) is 23.9 Å². The van der Waals surface area contributed by atoms with Crippen LogP contribution in [-0.4, -0.2) is 22.7 Å². The average molecular weight is 396 g/mol. The highest BCUT2D eigenvalue weighted by Crippen LogP contribution is 2.55. The molecular weight excluding hydrogens is 376 g/mol. The Kier molecular flexibility index (Phi) is 3.59. The summed E-state index contributed by atoms with van der Waals surface area (Å²) in [6.07, 6.45) is 0. The summed E-state index contributed by atoms with van der Waals surface area (Å²) in [5.41, 5.74) is 10.0. The molecule has 1 amide bonds. The van der Waals surface area contributed by atoms with Crippen molar-refractivity contribution in [2.75, 3.05) is 17.3 Å². The molecule has 5 rings (SSSR count). The van der Waals surface area contributed by atoms with E-state index in [1.165, 1.54) is 0 Å². The van der Waals surface area contributed by atoms with Gasteiger partial charge in [-0.05, 0) is 32.0 Å². The number of anilines is 2. The van der Waals surface area contributed by atoms with E-state index in [9.17, 15) is 10.1 Å². The van der Waals surface area contributed by atoms with Crippen LogP contribution in [0, 0.1) is 25.2 Å². The van der Waals surface area contributed by atoms with Crippen LogP contribution in [0.25, 0.3) is 5.69 Å². The van der Waals surface area contributed by atoms with E-state index >= 15 is 0 Å². The van der Waals surface area contributed by atoms with Gasteiger partial charge in [0.05, 0.1) is 17.0 Å². The third kappa shape index (κ3) is 2.02. The van der Waals surface area contributed by atoms with Gasteiger partial charge >= 0.3 is 0 Å². The number of hydrogen-bond acceptors (Lipinski definition) is 5. The molecule has 2 aliphatic heterocycles. The zero-order valence-corrected chi connectivity index (χ0v) is 16.9. The summed E-state index contributed by atoms with van der Waals surface area (Å²) in [4.78, 5) is 15.4. The van der Waals surface area contributed by atoms with E-state index in [2.05, 4.69) is 11.4 Å². The number of nitrogens with two attached hydrogens (primary N) is 1. The first-order chi connectivity index (χ1) is 14.4. The largest absolute Gasteiger partial charge is 0.384 e. The fraction of sp³-hybridized carbons (Fsp3) is 0.174. The molecule has 3 aromatic rings. The van der Waals surface area contributed by atoms with Crippen molar-refractivity contribution in [3.8, 4) is 11.8 Å². The Balaban J connectivity index is 1.89. The summed E-state index contributed by atoms with van der Waals surface area (Å²) in [5.74, 6) is 0.556. The highest BCUT2D eigenvalue weighted by atomic mass is 16.2. The predicted molar refractivity (Wildman–Crippen MR) is 114 cm³/mol. The van der Waals surface area contributed by atoms with Crippen LogP contribution in [0.2, 0.25) is 0 Å². The number of para-hydroxylation sites is 1. The van der Waals surface area contributed by atoms with Gasteiger partial charge < -0.3 is 16.0 Å². The minimum Gasteiger partial charge on any atom is -0.384 e. The number of benzene rings is 2. The molecule has 148 valence electrons. The molecule has 7 heteroatoms. The number of aryl methyl sites for hydroxylation is 2. The Morgan fingerprint density at radius 1 is 1.13 bits per heavy atom. The van der Waals surface area contributed by atoms with E-state index in [0.29, 0.717) is 17.1 Å². The maximum absolute atomic E-state index is 13.8. The minimum atomic E-state index is -1.32. The summed E-state index contributed by atoms with van der Waals surface area (Å²) < 4.78 is 1.75. The minimum absolute atomic E-state index is 0.164. The number of carbonyl (C=O) groups excluding carboxylic acids is 1. The SMILES string of the molecule is Cc1ccc(-n2nc(C)c3c2NC(N)=C(C#N)C32C(=O)N(C)c3ccccc32)cc1. The van der Waals surface area contributed by atoms with Crippen molar-refractivity contribution >= 4 is 17.4 Å². The molecule has 0 fully saturated rings. The number of aromatic nitrogens is 2. The van der Waals surface area contributed by atoms with Gasteiger partial charge in [-0.25, -0.2) is 4.68 Å². The van der Waals surface area contributed by atoms with Crippen LogP contribution in [0.15, 0.2) is 59.9 Å². The van der Waals surface area contributed by atoms with Crippen LogP contribution in [0.4, 0.5) is 11.5 Å². The van der Waals surface area contributed by atoms with Gasteiger partial charge in [-0.1, -0.05) is 35.9 Å². The van der Waals surface area contributed by atoms with E-state index in [1.54, 1.807) is 16.6 Å². The van der Waals surface area contributed by atoms with Gasteiger partial charge in [-0.15, -0.1) is 0 Å². The number of rotatable bonds is 1. The molecule has 0 saturated heterocycles. The number of amides is 1. The molecule has 0 bridgehead atoms. The molecule has 1 aromatic heterocycles. The highest BCUT2D eigenvalue weighted by Gasteiger charge is 2.59. The summed E-state index contributed by atoms with van der Waals surface area (Å²) in [7, 11) is 1.72. The van der Waals surface area contributed by atoms with Crippen molar-refractivity contribution in [1.82, 2.24) is 9.78 Å². The summed E-state index contributed by atoms with van der Waals surface area (Å²) >= 11 is 0. The topological polar surface area (TPSA) is 100.0 Å². The molecule has 1 atom stereocenters. The van der Waals surface area contributed by atoms with Crippen molar-refractivity contribution in [3.05, 3.63) is 82.3 Å². The molecule has 2 aliphatic rings. The van der Waals surface area contributed by atoms with E-state index in [4.69, 9.17) is 10.8 Å². The second-order valence-corrected chi connectivity index (χ2v) is 7.71. The van der Waals surface area contributed by atoms with Gasteiger partial charge in [0.15, 0.2) is 0 Å². The van der Waals surface area contributed by atoms with E-state index < -0.39 is 5.41 Å². The molecule has 0 radical (unpaired) electrons. The maximum atomic E-state index is 13.8. The van der Waals surface area contributed by atoms with E-state index in [1.807, 2.05) is 62.4 Å². The van der Waals surface area contributed by atoms with Crippen LogP contribution in [0.5, 0.6) is 0 Å². The Bertz CT molecular complexity index is 1290. The van der Waals surface area contributed by atoms with Crippen LogP contribution in [0.1, 0.15) is 22.4 Å². The Labute approximate surface area is 174 Å². The van der Waals surface area contributed by atoms with Gasteiger partial charge in [-0.2, -0.15) is 10.4 Å². The Morgan fingerprint density at radius 3 is 2.53 bits per heavy atom. The van der Waals surface area contributed by atoms with Crippen LogP contribution in [-0.2, 0) is 10.2 Å². The molecule has 1 spiro atoms. The molecular formula is C23H20N6O. The van der Waals surface area contributed by atoms with Gasteiger partial charge in [0.1, 0.15) is 23.1 Å². The number of nitrogens with zero attached hydrogens (tertiary/aromatic N) is 4. The zero-order chi connectivity index (χ0) is 21.2. The maximum Gasteiger partial charge on any atom is 0.247 e. The fourth-order valence-corrected chi connectivity index (χ4v) is 4.67. The summed E-state index contributed by atoms with van der Waals surface area (Å²) in [6, 6.07) is 17.7. The summed E-state index contributed by atoms with van der Waals surface area (Å²) in [6.45, 7) is 3.88. The van der Waals surface area contributed by atoms with Crippen molar-refractivity contribution < 1.29 is 4.79 Å². The first-order valence-corrected chi connectivity index (χ1v) is 9.63. The lowest BCUT2D eigenvalue weighted by Gasteiger charge is -2.34. The third-order valence-electron chi connectivity index (χ3n) is 6.02. The standard InChI is InChI=1S/C23H20N6O/c1-13-8-10-15(11-9-13)29-21-19(14(2)27-29)23(17(12-24)20(25)26-21)16-6-4-5-7-18(16)28(3)22(23)30/h4-11,26H,25H2,1-3H3. The molecule has 2 aromatic carbocycles. The number of likely N-dealkylation sites (N-methyl/N-ethyl adjacent to an activating group) is 1.